The van der Waals surface area contributed by atoms with Crippen molar-refractivity contribution in [3.05, 3.63) is 56.6 Å². The van der Waals surface area contributed by atoms with Crippen LogP contribution in [-0.2, 0) is 20.4 Å². The molecule has 0 aliphatic carbocycles. The molecule has 4 atom stereocenters. The van der Waals surface area contributed by atoms with E-state index in [2.05, 4.69) is 24.8 Å². The van der Waals surface area contributed by atoms with Crippen LogP contribution in [0.15, 0.2) is 30.9 Å². The second-order valence-corrected chi connectivity index (χ2v) is 8.84. The van der Waals surface area contributed by atoms with Gasteiger partial charge in [0.15, 0.2) is 23.2 Å². The first-order valence-electron chi connectivity index (χ1n) is 10.0. The minimum absolute atomic E-state index is 0.0927. The number of aliphatic hydroxyl groups is 2. The summed E-state index contributed by atoms with van der Waals surface area (Å²) in [7, 11) is -4.84. The van der Waals surface area contributed by atoms with Gasteiger partial charge in [-0.25, -0.2) is 19.5 Å². The zero-order chi connectivity index (χ0) is 26.2. The third kappa shape index (κ3) is 5.29. The zero-order valence-corrected chi connectivity index (χ0v) is 18.8. The maximum atomic E-state index is 11.1. The Bertz CT molecular complexity index is 1330. The number of ether oxygens (including phenoxy) is 1. The average Bonchev–Trinajstić information content (AvgIpc) is 3.37. The smallest absolute Gasteiger partial charge is 0.387 e. The van der Waals surface area contributed by atoms with Crippen LogP contribution in [0.25, 0.3) is 11.2 Å². The highest BCUT2D eigenvalue weighted by atomic mass is 31.2. The molecule has 36 heavy (non-hydrogen) atoms. The Labute approximate surface area is 199 Å². The van der Waals surface area contributed by atoms with Crippen LogP contribution in [0.3, 0.4) is 0 Å². The molecule has 0 spiro atoms. The van der Waals surface area contributed by atoms with Gasteiger partial charge in [0.25, 0.3) is 11.4 Å². The molecule has 0 unspecified atom stereocenters. The number of nitro groups is 2. The van der Waals surface area contributed by atoms with E-state index in [0.717, 1.165) is 12.4 Å². The van der Waals surface area contributed by atoms with Gasteiger partial charge in [0.05, 0.1) is 28.8 Å². The first-order valence-corrected chi connectivity index (χ1v) is 11.5. The summed E-state index contributed by atoms with van der Waals surface area (Å²) < 4.78 is 22.1. The highest BCUT2D eigenvalue weighted by Crippen LogP contribution is 2.39. The molecule has 5 N–H and O–H groups in total. The van der Waals surface area contributed by atoms with Crippen molar-refractivity contribution >= 4 is 36.2 Å². The number of benzene rings is 1. The predicted molar refractivity (Wildman–Crippen MR) is 116 cm³/mol. The Hall–Kier alpha value is -3.64. The summed E-state index contributed by atoms with van der Waals surface area (Å²) in [5, 5.41) is 45.7. The van der Waals surface area contributed by atoms with Gasteiger partial charge in [-0.3, -0.25) is 29.3 Å². The second kappa shape index (κ2) is 9.78. The Balaban J connectivity index is 1.56. The fraction of sp³-hybridized carbons (Fsp3) is 0.353. The van der Waals surface area contributed by atoms with Crippen molar-refractivity contribution in [1.82, 2.24) is 19.5 Å². The van der Waals surface area contributed by atoms with Gasteiger partial charge in [0, 0.05) is 18.7 Å². The average molecular weight is 527 g/mol. The molecule has 4 rings (SSSR count). The number of fused-ring (bicyclic) bond motifs is 1. The van der Waals surface area contributed by atoms with Crippen molar-refractivity contribution in [3.8, 4) is 0 Å². The molecular formula is C17H18N7O11P. The summed E-state index contributed by atoms with van der Waals surface area (Å²) in [6, 6.07) is 3.18. The lowest BCUT2D eigenvalue weighted by Gasteiger charge is -2.16. The summed E-state index contributed by atoms with van der Waals surface area (Å²) in [5.41, 5.74) is -0.363. The highest BCUT2D eigenvalue weighted by molar-refractivity contribution is 7.46. The molecule has 1 aliphatic heterocycles. The third-order valence-electron chi connectivity index (χ3n) is 5.22. The highest BCUT2D eigenvalue weighted by Gasteiger charge is 2.45. The van der Waals surface area contributed by atoms with E-state index >= 15 is 0 Å². The molecule has 19 heteroatoms. The summed E-state index contributed by atoms with van der Waals surface area (Å²) >= 11 is 0. The van der Waals surface area contributed by atoms with Crippen LogP contribution in [0, 0.1) is 20.2 Å². The van der Waals surface area contributed by atoms with E-state index in [9.17, 15) is 35.0 Å². The van der Waals surface area contributed by atoms with Crippen molar-refractivity contribution in [3.63, 3.8) is 0 Å². The number of nitrogens with zero attached hydrogens (tertiary/aromatic N) is 6. The van der Waals surface area contributed by atoms with E-state index < -0.39 is 60.2 Å². The number of nitrogens with one attached hydrogen (secondary N) is 1. The molecule has 18 nitrogen and oxygen atoms in total. The maximum absolute atomic E-state index is 11.1. The van der Waals surface area contributed by atoms with Crippen LogP contribution < -0.4 is 5.32 Å². The molecule has 3 aromatic rings. The van der Waals surface area contributed by atoms with Gasteiger partial charge in [-0.1, -0.05) is 0 Å². The number of phosphoric ester groups is 1. The molecule has 3 heterocycles. The van der Waals surface area contributed by atoms with E-state index in [1.807, 2.05) is 0 Å². The van der Waals surface area contributed by atoms with Crippen LogP contribution in [0.2, 0.25) is 0 Å². The maximum Gasteiger partial charge on any atom is 0.469 e. The third-order valence-corrected chi connectivity index (χ3v) is 5.71. The molecule has 2 aromatic heterocycles. The number of aromatic nitrogens is 4. The number of hydrogen-bond donors (Lipinski definition) is 5. The van der Waals surface area contributed by atoms with E-state index in [1.54, 1.807) is 0 Å². The standard InChI is InChI=1S/C17H18N7O11P/c25-13-11(5-34-36(31,32)33)35-17(14(13)26)22-7-21-12-15(19-6-20-16(12)22)18-4-8-1-9(23(27)28)3-10(2-8)24(29)30/h1-3,6-7,11,13-14,17,25-26H,4-5H2,(H,18,19,20)(H2,31,32,33)/t11-,13-,14-,17-/m1/s1. The molecule has 0 saturated carbocycles. The van der Waals surface area contributed by atoms with Gasteiger partial charge in [0.1, 0.15) is 24.6 Å². The molecule has 1 aromatic carbocycles. The summed E-state index contributed by atoms with van der Waals surface area (Å²) in [5.74, 6) is 0.155. The summed E-state index contributed by atoms with van der Waals surface area (Å²) in [6.45, 7) is -0.784. The van der Waals surface area contributed by atoms with Gasteiger partial charge in [-0.05, 0) is 5.56 Å². The monoisotopic (exact) mass is 527 g/mol. The van der Waals surface area contributed by atoms with Gasteiger partial charge in [-0.2, -0.15) is 0 Å². The normalized spacial score (nSPS) is 22.1. The number of aliphatic hydroxyl groups excluding tert-OH is 2. The molecular weight excluding hydrogens is 509 g/mol. The number of hydrogen-bond acceptors (Lipinski definition) is 13. The van der Waals surface area contributed by atoms with Crippen molar-refractivity contribution in [2.75, 3.05) is 11.9 Å². The van der Waals surface area contributed by atoms with Crippen molar-refractivity contribution in [1.29, 1.82) is 0 Å². The van der Waals surface area contributed by atoms with Crippen LogP contribution in [0.1, 0.15) is 11.8 Å². The van der Waals surface area contributed by atoms with Gasteiger partial charge in [0.2, 0.25) is 0 Å². The van der Waals surface area contributed by atoms with E-state index in [0.29, 0.717) is 0 Å². The van der Waals surface area contributed by atoms with E-state index in [1.165, 1.54) is 23.0 Å². The number of nitro benzene ring substituents is 2. The quantitative estimate of drug-likeness (QED) is 0.139. The first kappa shape index (κ1) is 25.5. The first-order chi connectivity index (χ1) is 16.9. The van der Waals surface area contributed by atoms with Gasteiger partial charge < -0.3 is 30.1 Å². The number of anilines is 1. The fourth-order valence-electron chi connectivity index (χ4n) is 3.59. The molecule has 1 aliphatic rings. The largest absolute Gasteiger partial charge is 0.469 e. The Morgan fingerprint density at radius 2 is 1.75 bits per heavy atom. The molecule has 0 amide bonds. The van der Waals surface area contributed by atoms with Crippen molar-refractivity contribution < 1.29 is 43.7 Å². The molecule has 0 radical (unpaired) electrons. The number of rotatable bonds is 9. The van der Waals surface area contributed by atoms with E-state index in [-0.39, 0.29) is 29.1 Å². The molecule has 1 saturated heterocycles. The number of imidazole rings is 1. The SMILES string of the molecule is O=[N+]([O-])c1cc(CNc2ncnc3c2ncn3[C@@H]2O[C@H](COP(=O)(O)O)[C@@H](O)[C@H]2O)cc([N+](=O)[O-])c1. The fourth-order valence-corrected chi connectivity index (χ4v) is 3.93. The minimum atomic E-state index is -4.84. The van der Waals surface area contributed by atoms with Gasteiger partial charge >= 0.3 is 7.82 Å². The number of non-ortho nitro benzene ring substituents is 2. The predicted octanol–water partition coefficient (Wildman–Crippen LogP) is -0.0167. The van der Waals surface area contributed by atoms with Gasteiger partial charge in [-0.15, -0.1) is 0 Å². The Morgan fingerprint density at radius 3 is 2.36 bits per heavy atom. The lowest BCUT2D eigenvalue weighted by atomic mass is 10.1. The Kier molecular flexibility index (Phi) is 6.92. The van der Waals surface area contributed by atoms with Crippen LogP contribution in [-0.4, -0.2) is 74.3 Å². The van der Waals surface area contributed by atoms with Crippen molar-refractivity contribution in [2.24, 2.45) is 0 Å². The number of phosphoric acid groups is 1. The van der Waals surface area contributed by atoms with Crippen LogP contribution >= 0.6 is 7.82 Å². The second-order valence-electron chi connectivity index (χ2n) is 7.60. The molecule has 192 valence electrons. The summed E-state index contributed by atoms with van der Waals surface area (Å²) in [6.07, 6.45) is -3.19. The minimum Gasteiger partial charge on any atom is -0.387 e. The molecule has 1 fully saturated rings. The topological polar surface area (TPSA) is 258 Å². The van der Waals surface area contributed by atoms with E-state index in [4.69, 9.17) is 14.5 Å². The Morgan fingerprint density at radius 1 is 1.08 bits per heavy atom. The lowest BCUT2D eigenvalue weighted by molar-refractivity contribution is -0.394. The molecule has 0 bridgehead atoms. The van der Waals surface area contributed by atoms with Crippen LogP contribution in [0.4, 0.5) is 17.2 Å². The lowest BCUT2D eigenvalue weighted by Crippen LogP contribution is -2.33. The summed E-state index contributed by atoms with van der Waals surface area (Å²) in [4.78, 5) is 50.7. The zero-order valence-electron chi connectivity index (χ0n) is 17.9. The van der Waals surface area contributed by atoms with Crippen LogP contribution in [0.5, 0.6) is 0 Å². The van der Waals surface area contributed by atoms with Crippen molar-refractivity contribution in [2.45, 2.75) is 31.1 Å².